The van der Waals surface area contributed by atoms with Gasteiger partial charge in [0.05, 0.1) is 10.0 Å². The van der Waals surface area contributed by atoms with Crippen molar-refractivity contribution in [2.45, 2.75) is 6.43 Å². The quantitative estimate of drug-likeness (QED) is 0.719. The van der Waals surface area contributed by atoms with E-state index in [2.05, 4.69) is 20.9 Å². The second kappa shape index (κ2) is 3.75. The highest BCUT2D eigenvalue weighted by molar-refractivity contribution is 9.10. The number of aromatic nitrogens is 1. The molecule has 1 rings (SSSR count). The third-order valence-electron chi connectivity index (χ3n) is 1.30. The van der Waals surface area contributed by atoms with E-state index in [0.717, 1.165) is 6.07 Å². The molecule has 0 aliphatic carbocycles. The molecule has 0 saturated carbocycles. The highest BCUT2D eigenvalue weighted by Crippen LogP contribution is 2.25. The van der Waals surface area contributed by atoms with Gasteiger partial charge in [-0.25, -0.2) is 13.8 Å². The SMILES string of the molecule is N#Cc1nc(F)c(C(F)F)cc1Br. The fourth-order valence-corrected chi connectivity index (χ4v) is 1.14. The minimum atomic E-state index is -2.93. The summed E-state index contributed by atoms with van der Waals surface area (Å²) in [5.74, 6) is -1.31. The summed E-state index contributed by atoms with van der Waals surface area (Å²) in [5, 5.41) is 8.38. The summed E-state index contributed by atoms with van der Waals surface area (Å²) < 4.78 is 36.9. The smallest absolute Gasteiger partial charge is 0.207 e. The predicted octanol–water partition coefficient (Wildman–Crippen LogP) is 2.79. The molecule has 0 spiro atoms. The minimum absolute atomic E-state index is 0.0618. The van der Waals surface area contributed by atoms with E-state index in [1.165, 1.54) is 0 Å². The Morgan fingerprint density at radius 3 is 2.62 bits per heavy atom. The van der Waals surface area contributed by atoms with Gasteiger partial charge in [0.15, 0.2) is 5.69 Å². The molecule has 68 valence electrons. The number of hydrogen-bond donors (Lipinski definition) is 0. The molecule has 1 aromatic heterocycles. The first-order valence-electron chi connectivity index (χ1n) is 3.10. The Balaban J connectivity index is 3.31. The largest absolute Gasteiger partial charge is 0.268 e. The summed E-state index contributed by atoms with van der Waals surface area (Å²) in [6.07, 6.45) is -2.93. The van der Waals surface area contributed by atoms with Gasteiger partial charge >= 0.3 is 0 Å². The van der Waals surface area contributed by atoms with Crippen molar-refractivity contribution in [2.24, 2.45) is 0 Å². The fraction of sp³-hybridized carbons (Fsp3) is 0.143. The van der Waals surface area contributed by atoms with E-state index in [-0.39, 0.29) is 10.2 Å². The molecule has 0 aromatic carbocycles. The summed E-state index contributed by atoms with van der Waals surface area (Å²) in [6.45, 7) is 0. The number of rotatable bonds is 1. The maximum absolute atomic E-state index is 12.7. The van der Waals surface area contributed by atoms with Crippen LogP contribution in [0.4, 0.5) is 13.2 Å². The van der Waals surface area contributed by atoms with Crippen LogP contribution in [0.2, 0.25) is 0 Å². The molecule has 13 heavy (non-hydrogen) atoms. The zero-order valence-electron chi connectivity index (χ0n) is 6.06. The van der Waals surface area contributed by atoms with Gasteiger partial charge in [0, 0.05) is 0 Å². The molecule has 0 N–H and O–H groups in total. The van der Waals surface area contributed by atoms with Crippen LogP contribution < -0.4 is 0 Å². The van der Waals surface area contributed by atoms with Crippen LogP contribution in [0.5, 0.6) is 0 Å². The van der Waals surface area contributed by atoms with Gasteiger partial charge in [0.1, 0.15) is 6.07 Å². The Morgan fingerprint density at radius 1 is 1.54 bits per heavy atom. The molecule has 0 unspecified atom stereocenters. The second-order valence-electron chi connectivity index (χ2n) is 2.11. The van der Waals surface area contributed by atoms with E-state index in [4.69, 9.17) is 5.26 Å². The summed E-state index contributed by atoms with van der Waals surface area (Å²) in [7, 11) is 0. The maximum atomic E-state index is 12.7. The molecule has 0 aliphatic rings. The van der Waals surface area contributed by atoms with Gasteiger partial charge in [0.2, 0.25) is 5.95 Å². The first-order valence-corrected chi connectivity index (χ1v) is 3.89. The van der Waals surface area contributed by atoms with Crippen molar-refractivity contribution in [3.05, 3.63) is 27.7 Å². The number of alkyl halides is 2. The van der Waals surface area contributed by atoms with Gasteiger partial charge in [-0.15, -0.1) is 0 Å². The van der Waals surface area contributed by atoms with Crippen molar-refractivity contribution in [1.29, 1.82) is 5.26 Å². The number of pyridine rings is 1. The summed E-state index contributed by atoms with van der Waals surface area (Å²) >= 11 is 2.82. The Labute approximate surface area is 80.1 Å². The van der Waals surface area contributed by atoms with E-state index in [9.17, 15) is 13.2 Å². The van der Waals surface area contributed by atoms with Crippen LogP contribution in [0.3, 0.4) is 0 Å². The third-order valence-corrected chi connectivity index (χ3v) is 1.90. The van der Waals surface area contributed by atoms with Gasteiger partial charge in [-0.05, 0) is 22.0 Å². The molecule has 0 radical (unpaired) electrons. The van der Waals surface area contributed by atoms with Crippen molar-refractivity contribution < 1.29 is 13.2 Å². The average molecular weight is 251 g/mol. The van der Waals surface area contributed by atoms with Gasteiger partial charge in [-0.3, -0.25) is 0 Å². The monoisotopic (exact) mass is 250 g/mol. The summed E-state index contributed by atoms with van der Waals surface area (Å²) in [5.41, 5.74) is -1.06. The van der Waals surface area contributed by atoms with E-state index < -0.39 is 17.9 Å². The van der Waals surface area contributed by atoms with Crippen molar-refractivity contribution >= 4 is 15.9 Å². The second-order valence-corrected chi connectivity index (χ2v) is 2.97. The molecule has 0 aliphatic heterocycles. The zero-order chi connectivity index (χ0) is 10.0. The molecule has 6 heteroatoms. The Kier molecular flexibility index (Phi) is 2.88. The standard InChI is InChI=1S/C7H2BrF3N2/c8-4-1-3(6(9)10)7(11)13-5(4)2-12/h1,6H. The van der Waals surface area contributed by atoms with E-state index in [0.29, 0.717) is 0 Å². The first kappa shape index (κ1) is 9.99. The number of hydrogen-bond acceptors (Lipinski definition) is 2. The zero-order valence-corrected chi connectivity index (χ0v) is 7.65. The van der Waals surface area contributed by atoms with Crippen LogP contribution in [0.25, 0.3) is 0 Å². The molecular formula is C7H2BrF3N2. The van der Waals surface area contributed by atoms with E-state index in [1.54, 1.807) is 6.07 Å². The van der Waals surface area contributed by atoms with Crippen LogP contribution in [0, 0.1) is 17.3 Å². The van der Waals surface area contributed by atoms with Crippen LogP contribution in [0.15, 0.2) is 10.5 Å². The molecule has 0 atom stereocenters. The van der Waals surface area contributed by atoms with Crippen molar-refractivity contribution in [3.8, 4) is 6.07 Å². The molecule has 2 nitrogen and oxygen atoms in total. The Morgan fingerprint density at radius 2 is 2.15 bits per heavy atom. The molecule has 0 amide bonds. The first-order chi connectivity index (χ1) is 6.06. The van der Waals surface area contributed by atoms with Gasteiger partial charge in [-0.1, -0.05) is 0 Å². The predicted molar refractivity (Wildman–Crippen MR) is 41.6 cm³/mol. The molecular weight excluding hydrogens is 249 g/mol. The maximum Gasteiger partial charge on any atom is 0.268 e. The third kappa shape index (κ3) is 1.98. The Bertz CT molecular complexity index is 373. The van der Waals surface area contributed by atoms with E-state index >= 15 is 0 Å². The molecule has 0 fully saturated rings. The lowest BCUT2D eigenvalue weighted by atomic mass is 10.2. The number of nitrogens with zero attached hydrogens (tertiary/aromatic N) is 2. The van der Waals surface area contributed by atoms with Crippen LogP contribution in [0.1, 0.15) is 17.7 Å². The van der Waals surface area contributed by atoms with Gasteiger partial charge in [0.25, 0.3) is 6.43 Å². The number of nitriles is 1. The lowest BCUT2D eigenvalue weighted by molar-refractivity contribution is 0.145. The summed E-state index contributed by atoms with van der Waals surface area (Å²) in [6, 6.07) is 2.41. The number of halogens is 4. The molecule has 0 bridgehead atoms. The van der Waals surface area contributed by atoms with Crippen LogP contribution in [-0.2, 0) is 0 Å². The molecule has 1 aromatic rings. The summed E-state index contributed by atoms with van der Waals surface area (Å²) in [4.78, 5) is 3.06. The lowest BCUT2D eigenvalue weighted by Gasteiger charge is -2.02. The highest BCUT2D eigenvalue weighted by atomic mass is 79.9. The molecule has 1 heterocycles. The topological polar surface area (TPSA) is 36.7 Å². The van der Waals surface area contributed by atoms with Crippen LogP contribution in [-0.4, -0.2) is 4.98 Å². The van der Waals surface area contributed by atoms with Crippen LogP contribution >= 0.6 is 15.9 Å². The normalized spacial score (nSPS) is 10.2. The van der Waals surface area contributed by atoms with Crippen molar-refractivity contribution in [1.82, 2.24) is 4.98 Å². The van der Waals surface area contributed by atoms with Crippen molar-refractivity contribution in [2.75, 3.05) is 0 Å². The van der Waals surface area contributed by atoms with Gasteiger partial charge < -0.3 is 0 Å². The molecule has 0 saturated heterocycles. The lowest BCUT2D eigenvalue weighted by Crippen LogP contribution is -1.97. The van der Waals surface area contributed by atoms with E-state index in [1.807, 2.05) is 0 Å². The Hall–Kier alpha value is -1.09. The minimum Gasteiger partial charge on any atom is -0.207 e. The van der Waals surface area contributed by atoms with Crippen molar-refractivity contribution in [3.63, 3.8) is 0 Å². The average Bonchev–Trinajstić information content (AvgIpc) is 2.07. The fourth-order valence-electron chi connectivity index (χ4n) is 0.712. The van der Waals surface area contributed by atoms with Gasteiger partial charge in [-0.2, -0.15) is 9.65 Å². The highest BCUT2D eigenvalue weighted by Gasteiger charge is 2.17.